The number of nitrogens with one attached hydrogen (secondary N) is 1. The summed E-state index contributed by atoms with van der Waals surface area (Å²) in [6, 6.07) is 15.3. The van der Waals surface area contributed by atoms with Gasteiger partial charge in [-0.2, -0.15) is 0 Å². The van der Waals surface area contributed by atoms with Crippen LogP contribution in [0.3, 0.4) is 0 Å². The molecule has 0 bridgehead atoms. The highest BCUT2D eigenvalue weighted by Gasteiger charge is 2.69. The lowest BCUT2D eigenvalue weighted by molar-refractivity contribution is -0.181. The summed E-state index contributed by atoms with van der Waals surface area (Å²) < 4.78 is 6.12. The highest BCUT2D eigenvalue weighted by molar-refractivity contribution is 6.32. The lowest BCUT2D eigenvalue weighted by atomic mass is 9.52. The van der Waals surface area contributed by atoms with E-state index in [1.54, 1.807) is 26.2 Å². The molecule has 0 spiro atoms. The van der Waals surface area contributed by atoms with E-state index >= 15 is 0 Å². The zero-order valence-electron chi connectivity index (χ0n) is 24.3. The number of nitrogens with two attached hydrogens (primary N) is 1. The largest absolute Gasteiger partial charge is 0.507 e. The Bertz CT molecular complexity index is 1700. The van der Waals surface area contributed by atoms with Crippen LogP contribution in [-0.2, 0) is 38.7 Å². The van der Waals surface area contributed by atoms with Crippen LogP contribution in [0.2, 0.25) is 0 Å². The number of nitrogens with zero attached hydrogens (tertiary/aromatic N) is 1. The quantitative estimate of drug-likeness (QED) is 0.290. The molecule has 2 saturated carbocycles. The minimum Gasteiger partial charge on any atom is -0.507 e. The van der Waals surface area contributed by atoms with Crippen LogP contribution in [0.4, 0.5) is 0 Å². The Morgan fingerprint density at radius 2 is 1.75 bits per heavy atom. The first-order chi connectivity index (χ1) is 20.9. The third-order valence-corrected chi connectivity index (χ3v) is 9.34. The molecule has 6 rings (SSSR count). The van der Waals surface area contributed by atoms with E-state index in [-0.39, 0.29) is 24.2 Å². The van der Waals surface area contributed by atoms with Crippen molar-refractivity contribution in [2.75, 3.05) is 14.1 Å². The molecule has 3 aromatic rings. The molecule has 1 heterocycles. The van der Waals surface area contributed by atoms with Crippen LogP contribution in [0.1, 0.15) is 33.7 Å². The number of amides is 1. The lowest BCUT2D eigenvalue weighted by Gasteiger charge is -2.52. The Labute approximate surface area is 253 Å². The molecule has 2 unspecified atom stereocenters. The number of aliphatic hydroxyl groups is 1. The van der Waals surface area contributed by atoms with Crippen LogP contribution in [0.5, 0.6) is 5.75 Å². The van der Waals surface area contributed by atoms with Crippen molar-refractivity contribution >= 4 is 29.0 Å². The minimum atomic E-state index is -2.76. The van der Waals surface area contributed by atoms with Gasteiger partial charge in [-0.1, -0.05) is 30.3 Å². The summed E-state index contributed by atoms with van der Waals surface area (Å²) in [6.07, 6.45) is 0.129. The average Bonchev–Trinajstić information content (AvgIpc) is 3.44. The first kappa shape index (κ1) is 29.6. The van der Waals surface area contributed by atoms with Crippen molar-refractivity contribution in [2.24, 2.45) is 29.4 Å². The number of benzene rings is 2. The second-order valence-electron chi connectivity index (χ2n) is 12.1. The fourth-order valence-electron chi connectivity index (χ4n) is 7.38. The Balaban J connectivity index is 1.34. The molecule has 0 radical (unpaired) electrons. The normalized spacial score (nSPS) is 28.0. The van der Waals surface area contributed by atoms with E-state index in [4.69, 9.17) is 10.2 Å². The van der Waals surface area contributed by atoms with Gasteiger partial charge in [-0.25, -0.2) is 0 Å². The maximum Gasteiger partial charge on any atom is 0.235 e. The van der Waals surface area contributed by atoms with E-state index < -0.39 is 64.4 Å². The fraction of sp³-hybridized carbons (Fsp3) is 0.364. The van der Waals surface area contributed by atoms with Crippen LogP contribution >= 0.6 is 0 Å². The van der Waals surface area contributed by atoms with Crippen molar-refractivity contribution in [3.8, 4) is 17.1 Å². The summed E-state index contributed by atoms with van der Waals surface area (Å²) in [6.45, 7) is 1.09. The topological polar surface area (TPSA) is 180 Å². The number of Topliss-reactive ketones (excluding diaryl/α,β-unsaturated/α-hetero) is 4. The second kappa shape index (κ2) is 10.9. The fourth-order valence-corrected chi connectivity index (χ4v) is 7.38. The number of furan rings is 1. The number of carbonyl (C=O) groups excluding carboxylic acids is 5. The molecule has 228 valence electrons. The van der Waals surface area contributed by atoms with E-state index in [9.17, 15) is 34.2 Å². The molecule has 3 aliphatic carbocycles. The summed E-state index contributed by atoms with van der Waals surface area (Å²) in [5, 5.41) is 25.8. The number of hydrogen-bond acceptors (Lipinski definition) is 10. The van der Waals surface area contributed by atoms with E-state index in [0.717, 1.165) is 5.56 Å². The van der Waals surface area contributed by atoms with Gasteiger partial charge < -0.3 is 25.7 Å². The summed E-state index contributed by atoms with van der Waals surface area (Å²) in [5.41, 5.74) is 4.72. The van der Waals surface area contributed by atoms with Gasteiger partial charge in [0.1, 0.15) is 17.3 Å². The minimum absolute atomic E-state index is 0.0220. The van der Waals surface area contributed by atoms with Gasteiger partial charge in [0.25, 0.3) is 0 Å². The van der Waals surface area contributed by atoms with E-state index in [1.807, 2.05) is 36.4 Å². The maximum atomic E-state index is 14.0. The summed E-state index contributed by atoms with van der Waals surface area (Å²) in [5.74, 6) is -9.66. The van der Waals surface area contributed by atoms with E-state index in [2.05, 4.69) is 5.32 Å². The van der Waals surface area contributed by atoms with Crippen LogP contribution in [0, 0.1) is 23.7 Å². The first-order valence-corrected chi connectivity index (χ1v) is 14.5. The van der Waals surface area contributed by atoms with Crippen molar-refractivity contribution in [2.45, 2.75) is 37.6 Å². The van der Waals surface area contributed by atoms with E-state index in [1.165, 1.54) is 11.0 Å². The molecule has 11 heteroatoms. The van der Waals surface area contributed by atoms with Gasteiger partial charge in [-0.3, -0.25) is 28.9 Å². The molecule has 0 saturated heterocycles. The molecule has 2 aromatic carbocycles. The third kappa shape index (κ3) is 4.50. The van der Waals surface area contributed by atoms with Gasteiger partial charge in [0.2, 0.25) is 5.91 Å². The Morgan fingerprint density at radius 3 is 2.43 bits per heavy atom. The predicted octanol–water partition coefficient (Wildman–Crippen LogP) is 1.42. The Morgan fingerprint density at radius 1 is 1.02 bits per heavy atom. The molecular formula is C33H33N3O8. The zero-order chi connectivity index (χ0) is 31.5. The molecule has 44 heavy (non-hydrogen) atoms. The van der Waals surface area contributed by atoms with Gasteiger partial charge in [0, 0.05) is 18.0 Å². The zero-order valence-corrected chi connectivity index (χ0v) is 24.3. The molecule has 3 aliphatic rings. The number of aromatic hydroxyl groups is 1. The predicted molar refractivity (Wildman–Crippen MR) is 156 cm³/mol. The number of carbonyl (C=O) groups is 5. The van der Waals surface area contributed by atoms with Crippen LogP contribution in [-0.4, -0.2) is 69.9 Å². The second-order valence-corrected chi connectivity index (χ2v) is 12.1. The molecule has 5 N–H and O–H groups in total. The van der Waals surface area contributed by atoms with Crippen molar-refractivity contribution in [3.63, 3.8) is 0 Å². The van der Waals surface area contributed by atoms with Crippen molar-refractivity contribution in [1.82, 2.24) is 10.2 Å². The first-order valence-electron chi connectivity index (χ1n) is 14.5. The van der Waals surface area contributed by atoms with Crippen molar-refractivity contribution in [3.05, 3.63) is 77.0 Å². The molecule has 1 amide bonds. The number of rotatable bonds is 7. The van der Waals surface area contributed by atoms with Crippen LogP contribution in [0.15, 0.2) is 59.0 Å². The van der Waals surface area contributed by atoms with Crippen molar-refractivity contribution < 1.29 is 38.6 Å². The van der Waals surface area contributed by atoms with Gasteiger partial charge in [0.05, 0.1) is 24.1 Å². The molecule has 6 atom stereocenters. The Kier molecular flexibility index (Phi) is 7.35. The van der Waals surface area contributed by atoms with E-state index in [0.29, 0.717) is 35.7 Å². The number of phenols is 1. The number of likely N-dealkylation sites (N-methyl/N-ethyl adjacent to an activating group) is 1. The number of hydrogen-bond donors (Lipinski definition) is 4. The average molecular weight is 600 g/mol. The third-order valence-electron chi connectivity index (χ3n) is 9.34. The standard InChI is InChI=1S/C33H33N3O8/c1-36(2)27-21-13-17-12-20-19(23-11-8-18(44-23)15-35-14-16-6-4-3-5-7-16)9-10-22(37)25(20)28(38)24(17)30(40)33(21,43)31(41)26(29(27)39)32(34)42/h3-11,17,21,24,26-27,35,37,43H,12-15H2,1-2H3,(H2,34,42)/t17-,21-,24?,26?,27-,33-/m1/s1. The number of phenolic OH excluding ortho intramolecular Hbond substituents is 1. The summed E-state index contributed by atoms with van der Waals surface area (Å²) in [4.78, 5) is 68.2. The highest BCUT2D eigenvalue weighted by atomic mass is 16.3. The molecule has 2 fully saturated rings. The SMILES string of the molecule is CN(C)[C@H]1C(=O)C(C(N)=O)C(=O)[C@]2(O)C(=O)C3C(=O)c4c(O)ccc(-c5ccc(CNCc6ccccc6)o5)c4C[C@@H]3C[C@H]12. The van der Waals surface area contributed by atoms with Gasteiger partial charge in [0.15, 0.2) is 34.7 Å². The highest BCUT2D eigenvalue weighted by Crippen LogP contribution is 2.51. The van der Waals surface area contributed by atoms with Crippen LogP contribution < -0.4 is 11.1 Å². The van der Waals surface area contributed by atoms with Gasteiger partial charge >= 0.3 is 0 Å². The summed E-state index contributed by atoms with van der Waals surface area (Å²) in [7, 11) is 3.10. The lowest BCUT2D eigenvalue weighted by Crippen LogP contribution is -2.74. The monoisotopic (exact) mass is 599 g/mol. The molecule has 0 aliphatic heterocycles. The van der Waals surface area contributed by atoms with Gasteiger partial charge in [-0.05, 0) is 68.2 Å². The number of fused-ring (bicyclic) bond motifs is 3. The summed E-state index contributed by atoms with van der Waals surface area (Å²) >= 11 is 0. The number of primary amides is 1. The van der Waals surface area contributed by atoms with Crippen molar-refractivity contribution in [1.29, 1.82) is 0 Å². The number of ketones is 4. The Hall–Kier alpha value is -4.45. The van der Waals surface area contributed by atoms with Crippen LogP contribution in [0.25, 0.3) is 11.3 Å². The smallest absolute Gasteiger partial charge is 0.235 e. The van der Waals surface area contributed by atoms with Gasteiger partial charge in [-0.15, -0.1) is 0 Å². The molecule has 1 aromatic heterocycles. The molecule has 11 nitrogen and oxygen atoms in total. The maximum absolute atomic E-state index is 14.0. The molecular weight excluding hydrogens is 566 g/mol.